The van der Waals surface area contributed by atoms with E-state index in [1.165, 1.54) is 6.08 Å². The molecule has 0 N–H and O–H groups in total. The van der Waals surface area contributed by atoms with E-state index in [9.17, 15) is 18.4 Å². The summed E-state index contributed by atoms with van der Waals surface area (Å²) in [7, 11) is 0. The molecule has 1 amide bonds. The maximum Gasteiger partial charge on any atom is 0.325 e. The highest BCUT2D eigenvalue weighted by Gasteiger charge is 2.19. The van der Waals surface area contributed by atoms with Gasteiger partial charge >= 0.3 is 5.97 Å². The number of hydrogen-bond acceptors (Lipinski definition) is 3. The van der Waals surface area contributed by atoms with Gasteiger partial charge < -0.3 is 9.64 Å². The van der Waals surface area contributed by atoms with Crippen molar-refractivity contribution in [3.05, 3.63) is 48.1 Å². The number of benzene rings is 1. The van der Waals surface area contributed by atoms with Crippen molar-refractivity contribution in [2.75, 3.05) is 19.7 Å². The molecule has 4 nitrogen and oxygen atoms in total. The maximum atomic E-state index is 13.1. The van der Waals surface area contributed by atoms with Gasteiger partial charge in [-0.3, -0.25) is 9.59 Å². The van der Waals surface area contributed by atoms with E-state index in [0.29, 0.717) is 6.07 Å². The van der Waals surface area contributed by atoms with Crippen molar-refractivity contribution in [2.24, 2.45) is 0 Å². The number of nitrogens with zero attached hydrogens (tertiary/aromatic N) is 1. The van der Waals surface area contributed by atoms with Crippen molar-refractivity contribution in [2.45, 2.75) is 6.92 Å². The maximum absolute atomic E-state index is 13.1. The van der Waals surface area contributed by atoms with Gasteiger partial charge in [0.05, 0.1) is 6.61 Å². The second-order valence-corrected chi connectivity index (χ2v) is 3.94. The van der Waals surface area contributed by atoms with Crippen molar-refractivity contribution < 1.29 is 23.1 Å². The second-order valence-electron chi connectivity index (χ2n) is 3.94. The molecule has 0 fully saturated rings. The molecule has 0 spiro atoms. The van der Waals surface area contributed by atoms with Crippen molar-refractivity contribution in [1.29, 1.82) is 0 Å². The lowest BCUT2D eigenvalue weighted by Crippen LogP contribution is -2.36. The Labute approximate surface area is 115 Å². The van der Waals surface area contributed by atoms with Gasteiger partial charge in [0.2, 0.25) is 0 Å². The van der Waals surface area contributed by atoms with E-state index >= 15 is 0 Å². The molecular weight excluding hydrogens is 268 g/mol. The van der Waals surface area contributed by atoms with E-state index in [1.807, 2.05) is 0 Å². The van der Waals surface area contributed by atoms with E-state index in [1.54, 1.807) is 6.92 Å². The van der Waals surface area contributed by atoms with Crippen LogP contribution >= 0.6 is 0 Å². The summed E-state index contributed by atoms with van der Waals surface area (Å²) in [6, 6.07) is 2.49. The fourth-order valence-electron chi connectivity index (χ4n) is 1.60. The highest BCUT2D eigenvalue weighted by atomic mass is 19.1. The van der Waals surface area contributed by atoms with Gasteiger partial charge in [0.25, 0.3) is 5.91 Å². The van der Waals surface area contributed by atoms with E-state index < -0.39 is 23.5 Å². The first kappa shape index (κ1) is 15.8. The summed E-state index contributed by atoms with van der Waals surface area (Å²) in [6.45, 7) is 5.05. The lowest BCUT2D eigenvalue weighted by molar-refractivity contribution is -0.143. The Balaban J connectivity index is 2.92. The molecule has 20 heavy (non-hydrogen) atoms. The Morgan fingerprint density at radius 3 is 2.40 bits per heavy atom. The largest absolute Gasteiger partial charge is 0.465 e. The van der Waals surface area contributed by atoms with Crippen LogP contribution < -0.4 is 0 Å². The summed E-state index contributed by atoms with van der Waals surface area (Å²) in [5.74, 6) is -2.98. The molecule has 0 saturated carbocycles. The molecule has 0 heterocycles. The van der Waals surface area contributed by atoms with Crippen LogP contribution in [0.2, 0.25) is 0 Å². The molecule has 0 aromatic heterocycles. The minimum absolute atomic E-state index is 0.0653. The summed E-state index contributed by atoms with van der Waals surface area (Å²) in [4.78, 5) is 24.6. The normalized spacial score (nSPS) is 9.95. The van der Waals surface area contributed by atoms with Gasteiger partial charge in [-0.1, -0.05) is 6.08 Å². The Morgan fingerprint density at radius 2 is 1.90 bits per heavy atom. The molecule has 1 aromatic carbocycles. The van der Waals surface area contributed by atoms with Crippen LogP contribution in [-0.4, -0.2) is 36.5 Å². The minimum Gasteiger partial charge on any atom is -0.465 e. The van der Waals surface area contributed by atoms with Gasteiger partial charge in [0.15, 0.2) is 0 Å². The van der Waals surface area contributed by atoms with Crippen LogP contribution in [0.5, 0.6) is 0 Å². The first-order valence-electron chi connectivity index (χ1n) is 5.99. The average molecular weight is 283 g/mol. The summed E-state index contributed by atoms with van der Waals surface area (Å²) in [6.07, 6.45) is 1.41. The van der Waals surface area contributed by atoms with Crippen LogP contribution in [0.1, 0.15) is 17.3 Å². The lowest BCUT2D eigenvalue weighted by Gasteiger charge is -2.20. The lowest BCUT2D eigenvalue weighted by atomic mass is 10.2. The van der Waals surface area contributed by atoms with Crippen LogP contribution in [0, 0.1) is 11.6 Å². The fourth-order valence-corrected chi connectivity index (χ4v) is 1.60. The Morgan fingerprint density at radius 1 is 1.30 bits per heavy atom. The quantitative estimate of drug-likeness (QED) is 0.593. The molecule has 0 atom stereocenters. The van der Waals surface area contributed by atoms with Gasteiger partial charge in [-0.25, -0.2) is 8.78 Å². The molecule has 1 aromatic rings. The van der Waals surface area contributed by atoms with Gasteiger partial charge in [0, 0.05) is 18.2 Å². The van der Waals surface area contributed by atoms with Crippen LogP contribution in [-0.2, 0) is 9.53 Å². The fraction of sp³-hybridized carbons (Fsp3) is 0.286. The first-order chi connectivity index (χ1) is 9.47. The van der Waals surface area contributed by atoms with Crippen molar-refractivity contribution in [1.82, 2.24) is 4.90 Å². The predicted molar refractivity (Wildman–Crippen MR) is 69.1 cm³/mol. The summed E-state index contributed by atoms with van der Waals surface area (Å²) >= 11 is 0. The van der Waals surface area contributed by atoms with Gasteiger partial charge in [0.1, 0.15) is 18.2 Å². The number of ether oxygens (including phenoxy) is 1. The number of carbonyl (C=O) groups is 2. The molecule has 1 rings (SSSR count). The zero-order chi connectivity index (χ0) is 15.1. The van der Waals surface area contributed by atoms with E-state index in [4.69, 9.17) is 4.74 Å². The van der Waals surface area contributed by atoms with E-state index in [2.05, 4.69) is 6.58 Å². The minimum atomic E-state index is -0.858. The number of rotatable bonds is 6. The van der Waals surface area contributed by atoms with E-state index in [0.717, 1.165) is 17.0 Å². The zero-order valence-corrected chi connectivity index (χ0v) is 11.1. The SMILES string of the molecule is C=CCN(CC(=O)OCC)C(=O)c1cc(F)cc(F)c1. The highest BCUT2D eigenvalue weighted by molar-refractivity contribution is 5.96. The standard InChI is InChI=1S/C14H15F2NO3/c1-3-5-17(9-13(18)20-4-2)14(19)10-6-11(15)8-12(16)7-10/h3,6-8H,1,4-5,9H2,2H3. The van der Waals surface area contributed by atoms with Crippen molar-refractivity contribution in [3.8, 4) is 0 Å². The average Bonchev–Trinajstić information content (AvgIpc) is 2.36. The molecule has 0 bridgehead atoms. The number of carbonyl (C=O) groups excluding carboxylic acids is 2. The molecule has 0 radical (unpaired) electrons. The van der Waals surface area contributed by atoms with Gasteiger partial charge in [-0.05, 0) is 19.1 Å². The molecule has 0 saturated heterocycles. The third-order valence-corrected chi connectivity index (χ3v) is 2.37. The Bertz CT molecular complexity index is 497. The Hall–Kier alpha value is -2.24. The van der Waals surface area contributed by atoms with Crippen LogP contribution in [0.3, 0.4) is 0 Å². The Kier molecular flexibility index (Phi) is 5.83. The van der Waals surface area contributed by atoms with Crippen LogP contribution in [0.15, 0.2) is 30.9 Å². The summed E-state index contributed by atoms with van der Waals surface area (Å²) < 4.78 is 30.9. The number of esters is 1. The number of amides is 1. The predicted octanol–water partition coefficient (Wildman–Crippen LogP) is 2.16. The molecular formula is C14H15F2NO3. The topological polar surface area (TPSA) is 46.6 Å². The van der Waals surface area contributed by atoms with E-state index in [-0.39, 0.29) is 25.3 Å². The second kappa shape index (κ2) is 7.37. The summed E-state index contributed by atoms with van der Waals surface area (Å²) in [5.41, 5.74) is -0.173. The molecule has 0 unspecified atom stereocenters. The van der Waals surface area contributed by atoms with Gasteiger partial charge in [-0.2, -0.15) is 0 Å². The number of hydrogen-bond donors (Lipinski definition) is 0. The van der Waals surface area contributed by atoms with Gasteiger partial charge in [-0.15, -0.1) is 6.58 Å². The molecule has 0 aliphatic carbocycles. The first-order valence-corrected chi connectivity index (χ1v) is 5.99. The van der Waals surface area contributed by atoms with Crippen molar-refractivity contribution >= 4 is 11.9 Å². The number of halogens is 2. The zero-order valence-electron chi connectivity index (χ0n) is 11.1. The third kappa shape index (κ3) is 4.46. The monoisotopic (exact) mass is 283 g/mol. The van der Waals surface area contributed by atoms with Crippen molar-refractivity contribution in [3.63, 3.8) is 0 Å². The molecule has 0 aliphatic rings. The van der Waals surface area contributed by atoms with Crippen LogP contribution in [0.25, 0.3) is 0 Å². The molecule has 6 heteroatoms. The van der Waals surface area contributed by atoms with Crippen LogP contribution in [0.4, 0.5) is 8.78 Å². The highest BCUT2D eigenvalue weighted by Crippen LogP contribution is 2.11. The third-order valence-electron chi connectivity index (χ3n) is 2.37. The molecule has 108 valence electrons. The summed E-state index contributed by atoms with van der Waals surface area (Å²) in [5, 5.41) is 0. The molecule has 0 aliphatic heterocycles. The smallest absolute Gasteiger partial charge is 0.325 e.